The second-order valence-corrected chi connectivity index (χ2v) is 7.08. The van der Waals surface area contributed by atoms with E-state index in [2.05, 4.69) is 5.32 Å². The third kappa shape index (κ3) is 3.58. The minimum Gasteiger partial charge on any atom is -0.353 e. The fourth-order valence-electron chi connectivity index (χ4n) is 4.22. The standard InChI is InChI=1S/C17H28N2O2/c20-16-11-13(12-19(16)15-9-5-6-10-15)17(21)18-14-7-3-1-2-4-8-14/h13-15H,1-12H2,(H,18,21)/t13-/m1/s1. The summed E-state index contributed by atoms with van der Waals surface area (Å²) in [6.07, 6.45) is 12.4. The lowest BCUT2D eigenvalue weighted by Crippen LogP contribution is -2.40. The van der Waals surface area contributed by atoms with E-state index in [1.807, 2.05) is 4.90 Å². The van der Waals surface area contributed by atoms with Crippen LogP contribution in [0, 0.1) is 5.92 Å². The number of hydrogen-bond acceptors (Lipinski definition) is 2. The summed E-state index contributed by atoms with van der Waals surface area (Å²) in [7, 11) is 0. The number of nitrogens with one attached hydrogen (secondary N) is 1. The zero-order chi connectivity index (χ0) is 14.7. The van der Waals surface area contributed by atoms with Crippen molar-refractivity contribution in [3.8, 4) is 0 Å². The van der Waals surface area contributed by atoms with Crippen molar-refractivity contribution in [1.29, 1.82) is 0 Å². The molecule has 2 saturated carbocycles. The van der Waals surface area contributed by atoms with Gasteiger partial charge in [0, 0.05) is 25.0 Å². The van der Waals surface area contributed by atoms with E-state index in [0.29, 0.717) is 25.0 Å². The average Bonchev–Trinajstić information content (AvgIpc) is 3.04. The van der Waals surface area contributed by atoms with E-state index in [1.165, 1.54) is 38.5 Å². The van der Waals surface area contributed by atoms with Gasteiger partial charge in [0.2, 0.25) is 11.8 Å². The maximum atomic E-state index is 12.4. The molecule has 3 rings (SSSR count). The van der Waals surface area contributed by atoms with Crippen molar-refractivity contribution < 1.29 is 9.59 Å². The van der Waals surface area contributed by atoms with E-state index < -0.39 is 0 Å². The van der Waals surface area contributed by atoms with Crippen molar-refractivity contribution in [3.63, 3.8) is 0 Å². The molecule has 1 heterocycles. The van der Waals surface area contributed by atoms with Crippen LogP contribution < -0.4 is 5.32 Å². The van der Waals surface area contributed by atoms with Crippen LogP contribution in [0.3, 0.4) is 0 Å². The normalized spacial score (nSPS) is 28.9. The van der Waals surface area contributed by atoms with Crippen molar-refractivity contribution in [2.75, 3.05) is 6.54 Å². The van der Waals surface area contributed by atoms with Crippen LogP contribution >= 0.6 is 0 Å². The molecule has 1 saturated heterocycles. The number of rotatable bonds is 3. The zero-order valence-corrected chi connectivity index (χ0v) is 13.0. The third-order valence-electron chi connectivity index (χ3n) is 5.50. The molecule has 0 aromatic rings. The molecule has 1 N–H and O–H groups in total. The SMILES string of the molecule is O=C(NC1CCCCCC1)[C@@H]1CC(=O)N(C2CCCC2)C1. The van der Waals surface area contributed by atoms with Crippen LogP contribution in [0.15, 0.2) is 0 Å². The van der Waals surface area contributed by atoms with Gasteiger partial charge < -0.3 is 10.2 Å². The summed E-state index contributed by atoms with van der Waals surface area (Å²) < 4.78 is 0. The van der Waals surface area contributed by atoms with Crippen LogP contribution in [0.5, 0.6) is 0 Å². The van der Waals surface area contributed by atoms with E-state index in [-0.39, 0.29) is 17.7 Å². The molecule has 118 valence electrons. The molecule has 0 aromatic carbocycles. The van der Waals surface area contributed by atoms with Gasteiger partial charge in [-0.1, -0.05) is 38.5 Å². The first-order chi connectivity index (χ1) is 10.2. The van der Waals surface area contributed by atoms with Crippen molar-refractivity contribution >= 4 is 11.8 Å². The van der Waals surface area contributed by atoms with Gasteiger partial charge >= 0.3 is 0 Å². The fourth-order valence-corrected chi connectivity index (χ4v) is 4.22. The molecule has 0 bridgehead atoms. The van der Waals surface area contributed by atoms with Crippen LogP contribution in [-0.4, -0.2) is 35.3 Å². The van der Waals surface area contributed by atoms with E-state index in [1.54, 1.807) is 0 Å². The largest absolute Gasteiger partial charge is 0.353 e. The fraction of sp³-hybridized carbons (Fsp3) is 0.882. The lowest BCUT2D eigenvalue weighted by Gasteiger charge is -2.24. The van der Waals surface area contributed by atoms with E-state index in [4.69, 9.17) is 0 Å². The zero-order valence-electron chi connectivity index (χ0n) is 13.0. The summed E-state index contributed by atoms with van der Waals surface area (Å²) in [5, 5.41) is 3.21. The molecule has 0 aromatic heterocycles. The molecule has 4 nitrogen and oxygen atoms in total. The molecule has 2 amide bonds. The third-order valence-corrected chi connectivity index (χ3v) is 5.50. The van der Waals surface area contributed by atoms with Gasteiger partial charge in [0.25, 0.3) is 0 Å². The number of hydrogen-bond donors (Lipinski definition) is 1. The van der Waals surface area contributed by atoms with Gasteiger partial charge in [-0.15, -0.1) is 0 Å². The minimum atomic E-state index is -0.110. The Morgan fingerprint density at radius 1 is 0.952 bits per heavy atom. The van der Waals surface area contributed by atoms with E-state index in [0.717, 1.165) is 25.7 Å². The number of carbonyl (C=O) groups is 2. The molecule has 3 fully saturated rings. The predicted octanol–water partition coefficient (Wildman–Crippen LogP) is 2.62. The molecule has 0 unspecified atom stereocenters. The van der Waals surface area contributed by atoms with Crippen molar-refractivity contribution in [2.45, 2.75) is 82.7 Å². The molecule has 3 aliphatic rings. The number of amides is 2. The summed E-state index contributed by atoms with van der Waals surface area (Å²) in [5.41, 5.74) is 0. The van der Waals surface area contributed by atoms with Gasteiger partial charge in [-0.25, -0.2) is 0 Å². The summed E-state index contributed by atoms with van der Waals surface area (Å²) in [5.74, 6) is 0.208. The molecule has 4 heteroatoms. The van der Waals surface area contributed by atoms with Crippen LogP contribution in [-0.2, 0) is 9.59 Å². The highest BCUT2D eigenvalue weighted by atomic mass is 16.2. The topological polar surface area (TPSA) is 49.4 Å². The van der Waals surface area contributed by atoms with Crippen LogP contribution in [0.1, 0.15) is 70.6 Å². The molecule has 21 heavy (non-hydrogen) atoms. The number of nitrogens with zero attached hydrogens (tertiary/aromatic N) is 1. The Hall–Kier alpha value is -1.06. The number of carbonyl (C=O) groups excluding carboxylic acids is 2. The smallest absolute Gasteiger partial charge is 0.225 e. The van der Waals surface area contributed by atoms with Gasteiger partial charge in [-0.2, -0.15) is 0 Å². The van der Waals surface area contributed by atoms with E-state index in [9.17, 15) is 9.59 Å². The second kappa shape index (κ2) is 6.80. The lowest BCUT2D eigenvalue weighted by atomic mass is 10.0. The summed E-state index contributed by atoms with van der Waals surface area (Å²) in [6.45, 7) is 0.655. The maximum Gasteiger partial charge on any atom is 0.225 e. The van der Waals surface area contributed by atoms with E-state index >= 15 is 0 Å². The second-order valence-electron chi connectivity index (χ2n) is 7.08. The summed E-state index contributed by atoms with van der Waals surface area (Å²) in [4.78, 5) is 26.6. The minimum absolute atomic E-state index is 0.110. The Balaban J connectivity index is 1.52. The predicted molar refractivity (Wildman–Crippen MR) is 81.7 cm³/mol. The van der Waals surface area contributed by atoms with Gasteiger partial charge in [-0.3, -0.25) is 9.59 Å². The monoisotopic (exact) mass is 292 g/mol. The first-order valence-electron chi connectivity index (χ1n) is 8.84. The Labute approximate surface area is 127 Å². The first kappa shape index (κ1) is 14.9. The van der Waals surface area contributed by atoms with Crippen LogP contribution in [0.4, 0.5) is 0 Å². The molecule has 1 aliphatic heterocycles. The highest BCUT2D eigenvalue weighted by molar-refractivity contribution is 5.89. The summed E-state index contributed by atoms with van der Waals surface area (Å²) in [6, 6.07) is 0.754. The Kier molecular flexibility index (Phi) is 4.81. The average molecular weight is 292 g/mol. The Bertz CT molecular complexity index is 382. The van der Waals surface area contributed by atoms with Crippen molar-refractivity contribution in [2.24, 2.45) is 5.92 Å². The molecule has 0 radical (unpaired) electrons. The van der Waals surface area contributed by atoms with Crippen LogP contribution in [0.25, 0.3) is 0 Å². The molecule has 0 spiro atoms. The first-order valence-corrected chi connectivity index (χ1v) is 8.84. The van der Waals surface area contributed by atoms with Gasteiger partial charge in [0.15, 0.2) is 0 Å². The maximum absolute atomic E-state index is 12.4. The van der Waals surface area contributed by atoms with Crippen LogP contribution in [0.2, 0.25) is 0 Å². The molecule has 1 atom stereocenters. The van der Waals surface area contributed by atoms with Gasteiger partial charge in [0.1, 0.15) is 0 Å². The van der Waals surface area contributed by atoms with Crippen molar-refractivity contribution in [1.82, 2.24) is 10.2 Å². The van der Waals surface area contributed by atoms with Gasteiger partial charge in [-0.05, 0) is 25.7 Å². The quantitative estimate of drug-likeness (QED) is 0.813. The van der Waals surface area contributed by atoms with Crippen molar-refractivity contribution in [3.05, 3.63) is 0 Å². The lowest BCUT2D eigenvalue weighted by molar-refractivity contribution is -0.130. The Morgan fingerprint density at radius 3 is 2.24 bits per heavy atom. The number of likely N-dealkylation sites (tertiary alicyclic amines) is 1. The molecular weight excluding hydrogens is 264 g/mol. The highest BCUT2D eigenvalue weighted by Crippen LogP contribution is 2.29. The van der Waals surface area contributed by atoms with Gasteiger partial charge in [0.05, 0.1) is 5.92 Å². The summed E-state index contributed by atoms with van der Waals surface area (Å²) >= 11 is 0. The molecule has 2 aliphatic carbocycles. The molecular formula is C17H28N2O2. The Morgan fingerprint density at radius 2 is 1.57 bits per heavy atom. The highest BCUT2D eigenvalue weighted by Gasteiger charge is 2.38.